The zero-order valence-corrected chi connectivity index (χ0v) is 11.1. The van der Waals surface area contributed by atoms with Crippen molar-refractivity contribution in [3.8, 4) is 0 Å². The molecule has 2 aromatic rings. The summed E-state index contributed by atoms with van der Waals surface area (Å²) in [5, 5.41) is 11.8. The van der Waals surface area contributed by atoms with Crippen LogP contribution in [0.5, 0.6) is 0 Å². The van der Waals surface area contributed by atoms with Crippen LogP contribution >= 0.6 is 0 Å². The van der Waals surface area contributed by atoms with Crippen molar-refractivity contribution in [3.05, 3.63) is 65.2 Å². The first-order chi connectivity index (χ1) is 9.56. The molecule has 4 heteroatoms. The lowest BCUT2D eigenvalue weighted by Crippen LogP contribution is -2.16. The summed E-state index contributed by atoms with van der Waals surface area (Å²) in [4.78, 5) is 23.1. The summed E-state index contributed by atoms with van der Waals surface area (Å²) in [5.41, 5.74) is 2.15. The third-order valence-electron chi connectivity index (χ3n) is 2.89. The van der Waals surface area contributed by atoms with Gasteiger partial charge in [-0.15, -0.1) is 0 Å². The Morgan fingerprint density at radius 3 is 2.45 bits per heavy atom. The van der Waals surface area contributed by atoms with Gasteiger partial charge in [0.2, 0.25) is 5.91 Å². The second-order valence-corrected chi connectivity index (χ2v) is 4.56. The van der Waals surface area contributed by atoms with Gasteiger partial charge in [0, 0.05) is 0 Å². The Balaban J connectivity index is 2.14. The van der Waals surface area contributed by atoms with E-state index in [0.29, 0.717) is 5.69 Å². The Kier molecular flexibility index (Phi) is 4.15. The van der Waals surface area contributed by atoms with Gasteiger partial charge in [-0.25, -0.2) is 4.79 Å². The Labute approximate surface area is 117 Å². The quantitative estimate of drug-likeness (QED) is 0.896. The zero-order chi connectivity index (χ0) is 14.5. The normalized spacial score (nSPS) is 10.1. The summed E-state index contributed by atoms with van der Waals surface area (Å²) in [5.74, 6) is -1.29. The van der Waals surface area contributed by atoms with Crippen LogP contribution in [0.2, 0.25) is 0 Å². The van der Waals surface area contributed by atoms with Gasteiger partial charge in [-0.1, -0.05) is 42.0 Å². The molecule has 0 aliphatic rings. The smallest absolute Gasteiger partial charge is 0.337 e. The number of carboxylic acid groups (broad SMARTS) is 1. The lowest BCUT2D eigenvalue weighted by molar-refractivity contribution is -0.115. The molecule has 0 saturated heterocycles. The van der Waals surface area contributed by atoms with Crippen molar-refractivity contribution in [1.29, 1.82) is 0 Å². The third-order valence-corrected chi connectivity index (χ3v) is 2.89. The van der Waals surface area contributed by atoms with Gasteiger partial charge in [0.05, 0.1) is 17.7 Å². The summed E-state index contributed by atoms with van der Waals surface area (Å²) < 4.78 is 0. The van der Waals surface area contributed by atoms with Gasteiger partial charge in [0.15, 0.2) is 0 Å². The molecule has 0 spiro atoms. The fourth-order valence-electron chi connectivity index (χ4n) is 1.92. The minimum Gasteiger partial charge on any atom is -0.478 e. The van der Waals surface area contributed by atoms with Crippen molar-refractivity contribution >= 4 is 17.6 Å². The highest BCUT2D eigenvalue weighted by Gasteiger charge is 2.12. The van der Waals surface area contributed by atoms with Crippen LogP contribution < -0.4 is 5.32 Å². The average molecular weight is 269 g/mol. The van der Waals surface area contributed by atoms with Crippen LogP contribution in [0.4, 0.5) is 5.69 Å². The number of carbonyl (C=O) groups excluding carboxylic acids is 1. The fraction of sp³-hybridized carbons (Fsp3) is 0.125. The number of aromatic carboxylic acids is 1. The van der Waals surface area contributed by atoms with E-state index in [1.807, 2.05) is 37.3 Å². The predicted octanol–water partition coefficient (Wildman–Crippen LogP) is 2.87. The highest BCUT2D eigenvalue weighted by atomic mass is 16.4. The number of anilines is 1. The van der Waals surface area contributed by atoms with E-state index in [1.165, 1.54) is 0 Å². The lowest BCUT2D eigenvalue weighted by Gasteiger charge is -2.09. The largest absolute Gasteiger partial charge is 0.478 e. The first kappa shape index (κ1) is 13.8. The molecule has 20 heavy (non-hydrogen) atoms. The first-order valence-electron chi connectivity index (χ1n) is 6.24. The molecule has 0 aliphatic carbocycles. The van der Waals surface area contributed by atoms with Crippen molar-refractivity contribution in [1.82, 2.24) is 0 Å². The van der Waals surface area contributed by atoms with Crippen LogP contribution in [0.25, 0.3) is 0 Å². The van der Waals surface area contributed by atoms with E-state index in [9.17, 15) is 9.59 Å². The highest BCUT2D eigenvalue weighted by molar-refractivity contribution is 6.01. The Bertz CT molecular complexity index is 635. The molecule has 1 amide bonds. The van der Waals surface area contributed by atoms with Crippen molar-refractivity contribution in [2.75, 3.05) is 5.32 Å². The topological polar surface area (TPSA) is 66.4 Å². The van der Waals surface area contributed by atoms with Crippen LogP contribution in [-0.4, -0.2) is 17.0 Å². The Hall–Kier alpha value is -2.62. The maximum absolute atomic E-state index is 11.9. The van der Waals surface area contributed by atoms with Crippen LogP contribution in [0, 0.1) is 6.92 Å². The third kappa shape index (κ3) is 3.45. The van der Waals surface area contributed by atoms with Crippen LogP contribution in [0.15, 0.2) is 48.5 Å². The first-order valence-corrected chi connectivity index (χ1v) is 6.24. The number of benzene rings is 2. The minimum atomic E-state index is -1.05. The SMILES string of the molecule is Cc1ccc(NC(=O)Cc2ccccc2)c(C(=O)O)c1. The van der Waals surface area contributed by atoms with Gasteiger partial charge in [-0.05, 0) is 24.6 Å². The van der Waals surface area contributed by atoms with E-state index in [4.69, 9.17) is 5.11 Å². The maximum Gasteiger partial charge on any atom is 0.337 e. The van der Waals surface area contributed by atoms with Gasteiger partial charge in [0.25, 0.3) is 0 Å². The summed E-state index contributed by atoms with van der Waals surface area (Å²) in [6, 6.07) is 14.2. The number of carbonyl (C=O) groups is 2. The van der Waals surface area contributed by atoms with Crippen LogP contribution in [-0.2, 0) is 11.2 Å². The minimum absolute atomic E-state index is 0.103. The number of rotatable bonds is 4. The Morgan fingerprint density at radius 2 is 1.80 bits per heavy atom. The predicted molar refractivity (Wildman–Crippen MR) is 76.9 cm³/mol. The van der Waals surface area contributed by atoms with E-state index in [0.717, 1.165) is 11.1 Å². The molecule has 2 N–H and O–H groups in total. The number of nitrogens with one attached hydrogen (secondary N) is 1. The fourth-order valence-corrected chi connectivity index (χ4v) is 1.92. The number of aryl methyl sites for hydroxylation is 1. The second-order valence-electron chi connectivity index (χ2n) is 4.56. The molecule has 2 aromatic carbocycles. The molecule has 0 saturated carbocycles. The molecule has 0 radical (unpaired) electrons. The monoisotopic (exact) mass is 269 g/mol. The van der Waals surface area contributed by atoms with E-state index in [1.54, 1.807) is 18.2 Å². The molecule has 0 unspecified atom stereocenters. The summed E-state index contributed by atoms with van der Waals surface area (Å²) >= 11 is 0. The van der Waals surface area contributed by atoms with Crippen molar-refractivity contribution in [2.24, 2.45) is 0 Å². The van der Waals surface area contributed by atoms with Crippen LogP contribution in [0.1, 0.15) is 21.5 Å². The molecule has 0 atom stereocenters. The van der Waals surface area contributed by atoms with Gasteiger partial charge >= 0.3 is 5.97 Å². The van der Waals surface area contributed by atoms with Crippen LogP contribution in [0.3, 0.4) is 0 Å². The molecular formula is C16H15NO3. The lowest BCUT2D eigenvalue weighted by atomic mass is 10.1. The van der Waals surface area contributed by atoms with Gasteiger partial charge in [-0.2, -0.15) is 0 Å². The standard InChI is InChI=1S/C16H15NO3/c1-11-7-8-14(13(9-11)16(19)20)17-15(18)10-12-5-3-2-4-6-12/h2-9H,10H2,1H3,(H,17,18)(H,19,20). The molecule has 2 rings (SSSR count). The molecule has 0 aromatic heterocycles. The van der Waals surface area contributed by atoms with E-state index < -0.39 is 5.97 Å². The molecule has 0 heterocycles. The van der Waals surface area contributed by atoms with Gasteiger partial charge in [0.1, 0.15) is 0 Å². The van der Waals surface area contributed by atoms with Crippen molar-refractivity contribution < 1.29 is 14.7 Å². The molecule has 0 fully saturated rings. The summed E-state index contributed by atoms with van der Waals surface area (Å²) in [6.07, 6.45) is 0.216. The number of amides is 1. The number of carboxylic acids is 1. The molecular weight excluding hydrogens is 254 g/mol. The summed E-state index contributed by atoms with van der Waals surface area (Å²) in [7, 11) is 0. The average Bonchev–Trinajstić information content (AvgIpc) is 2.41. The Morgan fingerprint density at radius 1 is 1.10 bits per heavy atom. The van der Waals surface area contributed by atoms with Crippen molar-refractivity contribution in [3.63, 3.8) is 0 Å². The molecule has 4 nitrogen and oxygen atoms in total. The second kappa shape index (κ2) is 6.02. The molecule has 0 aliphatic heterocycles. The van der Waals surface area contributed by atoms with E-state index in [2.05, 4.69) is 5.32 Å². The number of hydrogen-bond donors (Lipinski definition) is 2. The van der Waals surface area contributed by atoms with Gasteiger partial charge in [-0.3, -0.25) is 4.79 Å². The van der Waals surface area contributed by atoms with E-state index in [-0.39, 0.29) is 17.9 Å². The van der Waals surface area contributed by atoms with Crippen molar-refractivity contribution in [2.45, 2.75) is 13.3 Å². The van der Waals surface area contributed by atoms with E-state index >= 15 is 0 Å². The molecule has 0 bridgehead atoms. The van der Waals surface area contributed by atoms with Gasteiger partial charge < -0.3 is 10.4 Å². The summed E-state index contributed by atoms with van der Waals surface area (Å²) in [6.45, 7) is 1.81. The number of hydrogen-bond acceptors (Lipinski definition) is 2. The molecule has 102 valence electrons. The highest BCUT2D eigenvalue weighted by Crippen LogP contribution is 2.17. The maximum atomic E-state index is 11.9. The zero-order valence-electron chi connectivity index (χ0n) is 11.1.